The third kappa shape index (κ3) is 5.53. The van der Waals surface area contributed by atoms with Crippen molar-refractivity contribution in [3.63, 3.8) is 0 Å². The molecule has 21 heavy (non-hydrogen) atoms. The number of esters is 1. The fourth-order valence-electron chi connectivity index (χ4n) is 1.73. The van der Waals surface area contributed by atoms with E-state index in [-0.39, 0.29) is 30.4 Å². The summed E-state index contributed by atoms with van der Waals surface area (Å²) in [6.07, 6.45) is 0.474. The van der Waals surface area contributed by atoms with Crippen LogP contribution < -0.4 is 10.7 Å². The maximum absolute atomic E-state index is 12.1. The lowest BCUT2D eigenvalue weighted by molar-refractivity contribution is -0.159. The van der Waals surface area contributed by atoms with Crippen LogP contribution in [0.25, 0.3) is 0 Å². The van der Waals surface area contributed by atoms with Crippen LogP contribution in [0.2, 0.25) is 0 Å². The second kappa shape index (κ2) is 6.69. The van der Waals surface area contributed by atoms with Crippen LogP contribution in [-0.4, -0.2) is 35.1 Å². The predicted octanol–water partition coefficient (Wildman–Crippen LogP) is 0.735. The van der Waals surface area contributed by atoms with Gasteiger partial charge in [-0.25, -0.2) is 10.2 Å². The van der Waals surface area contributed by atoms with E-state index < -0.39 is 23.5 Å². The molecular formula is C14H23N3O4. The molecule has 2 N–H and O–H groups in total. The molecule has 1 aliphatic rings. The fraction of sp³-hybridized carbons (Fsp3) is 0.714. The van der Waals surface area contributed by atoms with Gasteiger partial charge in [0, 0.05) is 12.8 Å². The van der Waals surface area contributed by atoms with Gasteiger partial charge in [-0.05, 0) is 26.7 Å². The average Bonchev–Trinajstić information content (AvgIpc) is 2.33. The smallest absolute Gasteiger partial charge is 0.329 e. The molecule has 1 atom stereocenters. The Balaban J connectivity index is 2.72. The second-order valence-corrected chi connectivity index (χ2v) is 6.32. The number of amides is 2. The number of rotatable bonds is 4. The molecule has 1 aliphatic heterocycles. The first-order chi connectivity index (χ1) is 9.60. The Kier molecular flexibility index (Phi) is 5.46. The van der Waals surface area contributed by atoms with E-state index >= 15 is 0 Å². The first-order valence-corrected chi connectivity index (χ1v) is 6.99. The Morgan fingerprint density at radius 1 is 1.29 bits per heavy atom. The van der Waals surface area contributed by atoms with Gasteiger partial charge in [0.1, 0.15) is 17.4 Å². The largest absolute Gasteiger partial charge is 0.458 e. The predicted molar refractivity (Wildman–Crippen MR) is 77.4 cm³/mol. The van der Waals surface area contributed by atoms with Gasteiger partial charge in [0.2, 0.25) is 5.91 Å². The van der Waals surface area contributed by atoms with Crippen LogP contribution in [0.1, 0.15) is 47.5 Å². The van der Waals surface area contributed by atoms with E-state index in [0.29, 0.717) is 0 Å². The molecule has 0 aromatic heterocycles. The number of hydrogen-bond donors (Lipinski definition) is 2. The molecule has 0 spiro atoms. The highest BCUT2D eigenvalue weighted by Gasteiger charge is 2.30. The number of nitrogens with one attached hydrogen (secondary N) is 2. The molecule has 0 aromatic rings. The molecule has 0 bridgehead atoms. The topological polar surface area (TPSA) is 96.9 Å². The van der Waals surface area contributed by atoms with Crippen molar-refractivity contribution in [3.05, 3.63) is 0 Å². The molecule has 0 aliphatic carbocycles. The van der Waals surface area contributed by atoms with Crippen LogP contribution >= 0.6 is 0 Å². The first kappa shape index (κ1) is 17.1. The Labute approximate surface area is 124 Å². The van der Waals surface area contributed by atoms with Gasteiger partial charge >= 0.3 is 5.97 Å². The Morgan fingerprint density at radius 3 is 2.33 bits per heavy atom. The summed E-state index contributed by atoms with van der Waals surface area (Å²) in [5, 5.41) is 6.34. The quantitative estimate of drug-likeness (QED) is 0.748. The van der Waals surface area contributed by atoms with E-state index in [1.54, 1.807) is 20.8 Å². The van der Waals surface area contributed by atoms with Gasteiger partial charge in [0.25, 0.3) is 5.91 Å². The maximum Gasteiger partial charge on any atom is 0.329 e. The van der Waals surface area contributed by atoms with Crippen LogP contribution in [0.4, 0.5) is 0 Å². The van der Waals surface area contributed by atoms with Gasteiger partial charge in [-0.1, -0.05) is 13.8 Å². The van der Waals surface area contributed by atoms with Crippen molar-refractivity contribution in [2.75, 3.05) is 0 Å². The standard InChI is InChI=1S/C14H23N3O4/c1-8(2)11(13(20)21-14(3,4)5)15-12(19)9-6-7-10(18)17-16-9/h8,11H,6-7H2,1-5H3,(H,15,19)(H,17,18)/t11-/m0/s1. The summed E-state index contributed by atoms with van der Waals surface area (Å²) >= 11 is 0. The summed E-state index contributed by atoms with van der Waals surface area (Å²) in [6.45, 7) is 8.94. The zero-order chi connectivity index (χ0) is 16.2. The molecule has 7 heteroatoms. The lowest BCUT2D eigenvalue weighted by Crippen LogP contribution is -2.50. The van der Waals surface area contributed by atoms with E-state index in [1.807, 2.05) is 13.8 Å². The van der Waals surface area contributed by atoms with Crippen molar-refractivity contribution in [2.45, 2.75) is 59.1 Å². The van der Waals surface area contributed by atoms with Gasteiger partial charge in [0.05, 0.1) is 0 Å². The molecule has 0 fully saturated rings. The average molecular weight is 297 g/mol. The van der Waals surface area contributed by atoms with Crippen LogP contribution in [0.15, 0.2) is 5.10 Å². The summed E-state index contributed by atoms with van der Waals surface area (Å²) < 4.78 is 5.30. The fourth-order valence-corrected chi connectivity index (χ4v) is 1.73. The van der Waals surface area contributed by atoms with Gasteiger partial charge in [0.15, 0.2) is 0 Å². The zero-order valence-corrected chi connectivity index (χ0v) is 13.1. The highest BCUT2D eigenvalue weighted by atomic mass is 16.6. The third-order valence-electron chi connectivity index (χ3n) is 2.78. The van der Waals surface area contributed by atoms with E-state index in [9.17, 15) is 14.4 Å². The summed E-state index contributed by atoms with van der Waals surface area (Å²) in [7, 11) is 0. The van der Waals surface area contributed by atoms with E-state index in [0.717, 1.165) is 0 Å². The number of nitrogens with zero attached hydrogens (tertiary/aromatic N) is 1. The lowest BCUT2D eigenvalue weighted by Gasteiger charge is -2.26. The Bertz CT molecular complexity index is 463. The Morgan fingerprint density at radius 2 is 1.90 bits per heavy atom. The van der Waals surface area contributed by atoms with Crippen molar-refractivity contribution in [2.24, 2.45) is 11.0 Å². The number of ether oxygens (including phenoxy) is 1. The lowest BCUT2D eigenvalue weighted by atomic mass is 10.0. The van der Waals surface area contributed by atoms with E-state index in [2.05, 4.69) is 15.8 Å². The Hall–Kier alpha value is -1.92. The van der Waals surface area contributed by atoms with E-state index in [4.69, 9.17) is 4.74 Å². The first-order valence-electron chi connectivity index (χ1n) is 6.99. The highest BCUT2D eigenvalue weighted by molar-refractivity contribution is 6.39. The molecule has 0 aromatic carbocycles. The molecule has 118 valence electrons. The molecule has 0 saturated carbocycles. The normalized spacial score (nSPS) is 16.9. The number of hydrogen-bond acceptors (Lipinski definition) is 5. The summed E-state index contributed by atoms with van der Waals surface area (Å²) in [4.78, 5) is 35.2. The van der Waals surface area contributed by atoms with Gasteiger partial charge in [-0.15, -0.1) is 0 Å². The van der Waals surface area contributed by atoms with Gasteiger partial charge in [-0.2, -0.15) is 5.10 Å². The highest BCUT2D eigenvalue weighted by Crippen LogP contribution is 2.12. The van der Waals surface area contributed by atoms with Crippen molar-refractivity contribution in [1.29, 1.82) is 0 Å². The van der Waals surface area contributed by atoms with Gasteiger partial charge < -0.3 is 10.1 Å². The minimum Gasteiger partial charge on any atom is -0.458 e. The van der Waals surface area contributed by atoms with Crippen LogP contribution in [0.5, 0.6) is 0 Å². The molecule has 7 nitrogen and oxygen atoms in total. The molecule has 1 rings (SSSR count). The molecule has 0 saturated heterocycles. The number of hydrazone groups is 1. The SMILES string of the molecule is CC(C)[C@H](NC(=O)C1=NNC(=O)CC1)C(=O)OC(C)(C)C. The number of carbonyl (C=O) groups excluding carboxylic acids is 3. The summed E-state index contributed by atoms with van der Waals surface area (Å²) in [6, 6.07) is -0.753. The van der Waals surface area contributed by atoms with E-state index in [1.165, 1.54) is 0 Å². The summed E-state index contributed by atoms with van der Waals surface area (Å²) in [5.74, 6) is -1.28. The van der Waals surface area contributed by atoms with Crippen LogP contribution in [-0.2, 0) is 19.1 Å². The second-order valence-electron chi connectivity index (χ2n) is 6.32. The zero-order valence-electron chi connectivity index (χ0n) is 13.1. The molecule has 0 radical (unpaired) electrons. The number of carbonyl (C=O) groups is 3. The van der Waals surface area contributed by atoms with Crippen LogP contribution in [0.3, 0.4) is 0 Å². The monoisotopic (exact) mass is 297 g/mol. The van der Waals surface area contributed by atoms with Crippen molar-refractivity contribution >= 4 is 23.5 Å². The summed E-state index contributed by atoms with van der Waals surface area (Å²) in [5.41, 5.74) is 1.85. The maximum atomic E-state index is 12.1. The van der Waals surface area contributed by atoms with Gasteiger partial charge in [-0.3, -0.25) is 9.59 Å². The van der Waals surface area contributed by atoms with Crippen molar-refractivity contribution in [3.8, 4) is 0 Å². The molecule has 0 unspecified atom stereocenters. The molecule has 2 amide bonds. The third-order valence-corrected chi connectivity index (χ3v) is 2.78. The van der Waals surface area contributed by atoms with Crippen LogP contribution in [0, 0.1) is 5.92 Å². The van der Waals surface area contributed by atoms with Crippen molar-refractivity contribution < 1.29 is 19.1 Å². The minimum absolute atomic E-state index is 0.123. The minimum atomic E-state index is -0.753. The van der Waals surface area contributed by atoms with Crippen molar-refractivity contribution in [1.82, 2.24) is 10.7 Å². The molecular weight excluding hydrogens is 274 g/mol. The molecule has 1 heterocycles.